The van der Waals surface area contributed by atoms with Gasteiger partial charge in [0.2, 0.25) is 0 Å². The van der Waals surface area contributed by atoms with Crippen LogP contribution in [0.5, 0.6) is 0 Å². The van der Waals surface area contributed by atoms with Crippen LogP contribution in [0.15, 0.2) is 9.59 Å². The Morgan fingerprint density at radius 1 is 1.41 bits per heavy atom. The summed E-state index contributed by atoms with van der Waals surface area (Å²) in [5.74, 6) is 9.68. The van der Waals surface area contributed by atoms with Crippen molar-refractivity contribution in [2.45, 2.75) is 13.5 Å². The molecule has 8 heteroatoms. The summed E-state index contributed by atoms with van der Waals surface area (Å²) in [6, 6.07) is 0. The predicted molar refractivity (Wildman–Crippen MR) is 77.9 cm³/mol. The average Bonchev–Trinajstić information content (AvgIpc) is 2.87. The fraction of sp³-hybridized carbons (Fsp3) is 0.286. The summed E-state index contributed by atoms with van der Waals surface area (Å²) in [5, 5.41) is 0. The summed E-state index contributed by atoms with van der Waals surface area (Å²) >= 11 is 0. The van der Waals surface area contributed by atoms with Crippen LogP contribution < -0.4 is 11.2 Å². The minimum absolute atomic E-state index is 0.148. The lowest BCUT2D eigenvalue weighted by Gasteiger charge is -2.00. The molecule has 0 saturated carbocycles. The van der Waals surface area contributed by atoms with Gasteiger partial charge in [-0.3, -0.25) is 18.9 Å². The van der Waals surface area contributed by atoms with Gasteiger partial charge in [0.05, 0.1) is 13.7 Å². The molecule has 1 N–H and O–H groups in total. The predicted octanol–water partition coefficient (Wildman–Crippen LogP) is -1.03. The standard InChI is InChI=1S/C14H12N4O4/c1-4-5-8-18-9(6-7-10(19)22-3)15-12-11(18)13(20)16-14(21)17(12)2/h8H2,1-3H3,(H,16,20,21). The molecule has 2 heterocycles. The van der Waals surface area contributed by atoms with E-state index in [0.717, 1.165) is 0 Å². The van der Waals surface area contributed by atoms with E-state index in [1.54, 1.807) is 6.92 Å². The molecule has 0 aromatic carbocycles. The van der Waals surface area contributed by atoms with Gasteiger partial charge in [-0.25, -0.2) is 14.6 Å². The van der Waals surface area contributed by atoms with Crippen molar-refractivity contribution in [3.63, 3.8) is 0 Å². The third-order valence-electron chi connectivity index (χ3n) is 2.88. The Labute approximate surface area is 124 Å². The lowest BCUT2D eigenvalue weighted by atomic mass is 10.4. The average molecular weight is 300 g/mol. The molecule has 0 aliphatic rings. The van der Waals surface area contributed by atoms with Crippen LogP contribution >= 0.6 is 0 Å². The maximum Gasteiger partial charge on any atom is 0.384 e. The largest absolute Gasteiger partial charge is 0.459 e. The molecule has 8 nitrogen and oxygen atoms in total. The van der Waals surface area contributed by atoms with Gasteiger partial charge < -0.3 is 4.74 Å². The number of carbonyl (C=O) groups is 1. The summed E-state index contributed by atoms with van der Waals surface area (Å²) in [6.07, 6.45) is 0. The van der Waals surface area contributed by atoms with Crippen molar-refractivity contribution >= 4 is 17.1 Å². The number of aromatic nitrogens is 4. The zero-order valence-electron chi connectivity index (χ0n) is 12.2. The Kier molecular flexibility index (Phi) is 4.14. The number of H-pyrrole nitrogens is 1. The molecule has 112 valence electrons. The van der Waals surface area contributed by atoms with Crippen molar-refractivity contribution in [2.24, 2.45) is 7.05 Å². The van der Waals surface area contributed by atoms with Gasteiger partial charge in [-0.15, -0.1) is 5.92 Å². The number of hydrogen-bond donors (Lipinski definition) is 1. The van der Waals surface area contributed by atoms with Crippen LogP contribution in [0.4, 0.5) is 0 Å². The first-order valence-electron chi connectivity index (χ1n) is 6.18. The zero-order chi connectivity index (χ0) is 16.3. The van der Waals surface area contributed by atoms with Gasteiger partial charge in [-0.1, -0.05) is 5.92 Å². The zero-order valence-corrected chi connectivity index (χ0v) is 12.2. The molecule has 22 heavy (non-hydrogen) atoms. The van der Waals surface area contributed by atoms with Gasteiger partial charge in [0.25, 0.3) is 5.56 Å². The van der Waals surface area contributed by atoms with Crippen molar-refractivity contribution < 1.29 is 9.53 Å². The summed E-state index contributed by atoms with van der Waals surface area (Å²) < 4.78 is 7.07. The molecular weight excluding hydrogens is 288 g/mol. The van der Waals surface area contributed by atoms with E-state index in [1.165, 1.54) is 23.3 Å². The second-order valence-electron chi connectivity index (χ2n) is 4.18. The van der Waals surface area contributed by atoms with Gasteiger partial charge in [-0.2, -0.15) is 0 Å². The van der Waals surface area contributed by atoms with Crippen LogP contribution in [-0.4, -0.2) is 32.2 Å². The Morgan fingerprint density at radius 2 is 2.14 bits per heavy atom. The number of fused-ring (bicyclic) bond motifs is 1. The lowest BCUT2D eigenvalue weighted by molar-refractivity contribution is -0.133. The fourth-order valence-electron chi connectivity index (χ4n) is 1.80. The van der Waals surface area contributed by atoms with E-state index < -0.39 is 17.2 Å². The number of esters is 1. The monoisotopic (exact) mass is 300 g/mol. The topological polar surface area (TPSA) is 99.0 Å². The number of aryl methyl sites for hydroxylation is 1. The van der Waals surface area contributed by atoms with E-state index in [-0.39, 0.29) is 23.5 Å². The number of nitrogens with one attached hydrogen (secondary N) is 1. The number of hydrogen-bond acceptors (Lipinski definition) is 5. The fourth-order valence-corrected chi connectivity index (χ4v) is 1.80. The maximum absolute atomic E-state index is 12.0. The molecule has 2 rings (SSSR count). The van der Waals surface area contributed by atoms with Crippen molar-refractivity contribution in [3.05, 3.63) is 26.7 Å². The number of rotatable bonds is 1. The molecule has 0 spiro atoms. The molecule has 2 aromatic heterocycles. The summed E-state index contributed by atoms with van der Waals surface area (Å²) in [5.41, 5.74) is -0.842. The highest BCUT2D eigenvalue weighted by Gasteiger charge is 2.15. The molecule has 0 unspecified atom stereocenters. The smallest absolute Gasteiger partial charge is 0.384 e. The number of ether oxygens (including phenoxy) is 1. The molecule has 0 bridgehead atoms. The summed E-state index contributed by atoms with van der Waals surface area (Å²) in [7, 11) is 2.68. The number of nitrogens with zero attached hydrogens (tertiary/aromatic N) is 3. The molecular formula is C14H12N4O4. The van der Waals surface area contributed by atoms with Gasteiger partial charge in [0, 0.05) is 13.0 Å². The second kappa shape index (κ2) is 6.02. The lowest BCUT2D eigenvalue weighted by Crippen LogP contribution is -2.29. The molecule has 0 aliphatic heterocycles. The highest BCUT2D eigenvalue weighted by atomic mass is 16.5. The maximum atomic E-state index is 12.0. The van der Waals surface area contributed by atoms with Crippen molar-refractivity contribution in [3.8, 4) is 23.7 Å². The van der Waals surface area contributed by atoms with E-state index in [4.69, 9.17) is 0 Å². The Hall–Kier alpha value is -3.26. The molecule has 0 aliphatic carbocycles. The molecule has 2 aromatic rings. The second-order valence-corrected chi connectivity index (χ2v) is 4.18. The van der Waals surface area contributed by atoms with Crippen LogP contribution in [0, 0.1) is 23.7 Å². The van der Waals surface area contributed by atoms with Crippen LogP contribution in [0.1, 0.15) is 12.7 Å². The quantitative estimate of drug-likeness (QED) is 0.536. The van der Waals surface area contributed by atoms with Crippen LogP contribution in [0.2, 0.25) is 0 Å². The van der Waals surface area contributed by atoms with E-state index in [1.807, 2.05) is 0 Å². The minimum Gasteiger partial charge on any atom is -0.459 e. The van der Waals surface area contributed by atoms with Crippen LogP contribution in [-0.2, 0) is 23.1 Å². The molecule has 0 saturated heterocycles. The van der Waals surface area contributed by atoms with Crippen LogP contribution in [0.3, 0.4) is 0 Å². The molecule has 0 radical (unpaired) electrons. The minimum atomic E-state index is -0.733. The molecule has 0 amide bonds. The van der Waals surface area contributed by atoms with E-state index in [9.17, 15) is 14.4 Å². The van der Waals surface area contributed by atoms with Crippen molar-refractivity contribution in [2.75, 3.05) is 7.11 Å². The molecule has 0 fully saturated rings. The van der Waals surface area contributed by atoms with Gasteiger partial charge in [0.1, 0.15) is 0 Å². The number of aromatic amines is 1. The van der Waals surface area contributed by atoms with Gasteiger partial charge >= 0.3 is 11.7 Å². The Bertz CT molecular complexity index is 986. The Balaban J connectivity index is 2.81. The van der Waals surface area contributed by atoms with Crippen molar-refractivity contribution in [1.29, 1.82) is 0 Å². The Morgan fingerprint density at radius 3 is 2.77 bits per heavy atom. The molecule has 0 atom stereocenters. The normalized spacial score (nSPS) is 9.59. The first-order chi connectivity index (χ1) is 10.5. The number of carbonyl (C=O) groups excluding carboxylic acids is 1. The van der Waals surface area contributed by atoms with Crippen molar-refractivity contribution in [1.82, 2.24) is 19.1 Å². The van der Waals surface area contributed by atoms with Gasteiger partial charge in [0.15, 0.2) is 17.0 Å². The third kappa shape index (κ3) is 2.63. The van der Waals surface area contributed by atoms with E-state index in [2.05, 4.69) is 38.4 Å². The highest BCUT2D eigenvalue weighted by Crippen LogP contribution is 2.09. The van der Waals surface area contributed by atoms with E-state index >= 15 is 0 Å². The van der Waals surface area contributed by atoms with E-state index in [0.29, 0.717) is 0 Å². The summed E-state index contributed by atoms with van der Waals surface area (Å²) in [6.45, 7) is 1.80. The number of imidazole rings is 1. The SMILES string of the molecule is CC#CCn1c(C#CC(=O)OC)nc2c1c(=O)[nH]c(=O)n2C. The third-order valence-corrected chi connectivity index (χ3v) is 2.88. The first-order valence-corrected chi connectivity index (χ1v) is 6.18. The first kappa shape index (κ1) is 15.1. The van der Waals surface area contributed by atoms with Crippen LogP contribution in [0.25, 0.3) is 11.2 Å². The van der Waals surface area contributed by atoms with Gasteiger partial charge in [-0.05, 0) is 12.8 Å². The number of methoxy groups -OCH3 is 1. The highest BCUT2D eigenvalue weighted by molar-refractivity contribution is 5.89. The summed E-state index contributed by atoms with van der Waals surface area (Å²) in [4.78, 5) is 41.1.